The van der Waals surface area contributed by atoms with Crippen LogP contribution in [0.15, 0.2) is 40.2 Å². The first-order chi connectivity index (χ1) is 14.6. The molecule has 1 N–H and O–H groups in total. The van der Waals surface area contributed by atoms with Gasteiger partial charge in [-0.15, -0.1) is 0 Å². The number of benzene rings is 1. The van der Waals surface area contributed by atoms with Crippen LogP contribution >= 0.6 is 0 Å². The molecule has 8 nitrogen and oxygen atoms in total. The molecule has 0 bridgehead atoms. The maximum atomic E-state index is 12.9. The second kappa shape index (κ2) is 8.91. The number of nitrogens with zero attached hydrogens (tertiary/aromatic N) is 4. The molecule has 3 rings (SSSR count). The van der Waals surface area contributed by atoms with Crippen molar-refractivity contribution >= 4 is 17.1 Å². The van der Waals surface area contributed by atoms with Crippen LogP contribution < -0.4 is 16.6 Å². The van der Waals surface area contributed by atoms with E-state index in [2.05, 4.69) is 36.3 Å². The molecular formula is C23H31N5O3. The lowest BCUT2D eigenvalue weighted by Gasteiger charge is -2.24. The Morgan fingerprint density at radius 3 is 2.26 bits per heavy atom. The van der Waals surface area contributed by atoms with E-state index in [0.29, 0.717) is 11.6 Å². The third kappa shape index (κ3) is 4.33. The quantitative estimate of drug-likeness (QED) is 0.630. The van der Waals surface area contributed by atoms with Gasteiger partial charge in [-0.05, 0) is 29.4 Å². The van der Waals surface area contributed by atoms with Crippen LogP contribution in [0.3, 0.4) is 0 Å². The highest BCUT2D eigenvalue weighted by Crippen LogP contribution is 2.25. The molecule has 166 valence electrons. The van der Waals surface area contributed by atoms with E-state index in [9.17, 15) is 14.4 Å². The van der Waals surface area contributed by atoms with Crippen LogP contribution in [-0.2, 0) is 25.4 Å². The Bertz CT molecular complexity index is 1200. The fourth-order valence-corrected chi connectivity index (χ4v) is 3.80. The van der Waals surface area contributed by atoms with E-state index >= 15 is 0 Å². The van der Waals surface area contributed by atoms with E-state index in [1.165, 1.54) is 16.5 Å². The minimum absolute atomic E-state index is 0.137. The highest BCUT2D eigenvalue weighted by atomic mass is 16.2. The SMILES string of the molecule is CC[C@H](C)c1ccc([C@@H](NC(=O)Cn2c(=O)c3c(ncn3C)n(C)c2=O)C(C)C)cc1. The van der Waals surface area contributed by atoms with Crippen molar-refractivity contribution in [1.82, 2.24) is 24.0 Å². The van der Waals surface area contributed by atoms with Crippen LogP contribution in [0.5, 0.6) is 0 Å². The van der Waals surface area contributed by atoms with Crippen LogP contribution in [0.2, 0.25) is 0 Å². The van der Waals surface area contributed by atoms with Gasteiger partial charge in [-0.25, -0.2) is 14.3 Å². The second-order valence-electron chi connectivity index (χ2n) is 8.53. The molecule has 8 heteroatoms. The fourth-order valence-electron chi connectivity index (χ4n) is 3.80. The molecular weight excluding hydrogens is 394 g/mol. The minimum Gasteiger partial charge on any atom is -0.347 e. The number of carbonyl (C=O) groups is 1. The highest BCUT2D eigenvalue weighted by molar-refractivity contribution is 5.77. The monoisotopic (exact) mass is 425 g/mol. The Hall–Kier alpha value is -3.16. The standard InChI is InChI=1S/C23H31N5O3/c1-7-15(4)16-8-10-17(11-9-16)19(14(2)3)25-18(29)12-28-22(30)20-21(24-13-26(20)5)27(6)23(28)31/h8-11,13-15,19H,7,12H2,1-6H3,(H,25,29)/t15-,19-/m0/s1. The minimum atomic E-state index is -0.564. The zero-order valence-electron chi connectivity index (χ0n) is 19.0. The van der Waals surface area contributed by atoms with Crippen molar-refractivity contribution in [3.05, 3.63) is 62.6 Å². The molecule has 2 heterocycles. The number of imidazole rings is 1. The van der Waals surface area contributed by atoms with E-state index < -0.39 is 11.2 Å². The van der Waals surface area contributed by atoms with Gasteiger partial charge in [0.05, 0.1) is 12.4 Å². The number of rotatable bonds is 7. The Labute approximate surface area is 181 Å². The van der Waals surface area contributed by atoms with Gasteiger partial charge < -0.3 is 9.88 Å². The van der Waals surface area contributed by atoms with Gasteiger partial charge >= 0.3 is 5.69 Å². The van der Waals surface area contributed by atoms with Crippen LogP contribution in [-0.4, -0.2) is 24.6 Å². The lowest BCUT2D eigenvalue weighted by Crippen LogP contribution is -2.44. The molecule has 0 unspecified atom stereocenters. The molecule has 0 saturated carbocycles. The first-order valence-corrected chi connectivity index (χ1v) is 10.7. The summed E-state index contributed by atoms with van der Waals surface area (Å²) in [7, 11) is 3.23. The topological polar surface area (TPSA) is 90.9 Å². The van der Waals surface area contributed by atoms with Gasteiger partial charge in [0.2, 0.25) is 5.91 Å². The summed E-state index contributed by atoms with van der Waals surface area (Å²) in [5.41, 5.74) is 1.77. The average Bonchev–Trinajstić information content (AvgIpc) is 3.14. The summed E-state index contributed by atoms with van der Waals surface area (Å²) < 4.78 is 3.81. The summed E-state index contributed by atoms with van der Waals surface area (Å²) in [6.45, 7) is 8.06. The van der Waals surface area contributed by atoms with Crippen molar-refractivity contribution in [2.45, 2.75) is 52.6 Å². The number of carbonyl (C=O) groups excluding carboxylic acids is 1. The number of hydrogen-bond acceptors (Lipinski definition) is 4. The summed E-state index contributed by atoms with van der Waals surface area (Å²) in [5.74, 6) is 0.231. The second-order valence-corrected chi connectivity index (χ2v) is 8.53. The molecule has 0 radical (unpaired) electrons. The molecule has 2 aromatic heterocycles. The highest BCUT2D eigenvalue weighted by Gasteiger charge is 2.21. The maximum absolute atomic E-state index is 12.9. The van der Waals surface area contributed by atoms with Crippen LogP contribution in [0, 0.1) is 5.92 Å². The average molecular weight is 426 g/mol. The zero-order chi connectivity index (χ0) is 22.9. The summed E-state index contributed by atoms with van der Waals surface area (Å²) in [5, 5.41) is 3.01. The molecule has 0 aliphatic heterocycles. The van der Waals surface area contributed by atoms with Crippen LogP contribution in [0.25, 0.3) is 11.2 Å². The molecule has 0 saturated heterocycles. The van der Waals surface area contributed by atoms with Crippen LogP contribution in [0.1, 0.15) is 57.2 Å². The Morgan fingerprint density at radius 1 is 1.06 bits per heavy atom. The molecule has 3 aromatic rings. The molecule has 0 aliphatic carbocycles. The Balaban J connectivity index is 1.87. The van der Waals surface area contributed by atoms with Crippen molar-refractivity contribution in [3.63, 3.8) is 0 Å². The predicted molar refractivity (Wildman–Crippen MR) is 121 cm³/mol. The molecule has 1 aromatic carbocycles. The third-order valence-electron chi connectivity index (χ3n) is 5.96. The number of amides is 1. The predicted octanol–water partition coefficient (Wildman–Crippen LogP) is 2.46. The first-order valence-electron chi connectivity index (χ1n) is 10.7. The van der Waals surface area contributed by atoms with E-state index in [1.807, 2.05) is 26.0 Å². The summed E-state index contributed by atoms with van der Waals surface area (Å²) in [6.07, 6.45) is 2.54. The smallest absolute Gasteiger partial charge is 0.332 e. The van der Waals surface area contributed by atoms with Crippen molar-refractivity contribution in [3.8, 4) is 0 Å². The zero-order valence-corrected chi connectivity index (χ0v) is 19.0. The maximum Gasteiger partial charge on any atom is 0.332 e. The largest absolute Gasteiger partial charge is 0.347 e. The third-order valence-corrected chi connectivity index (χ3v) is 5.96. The van der Waals surface area contributed by atoms with E-state index in [1.54, 1.807) is 18.7 Å². The number of nitrogens with one attached hydrogen (secondary N) is 1. The molecule has 0 fully saturated rings. The lowest BCUT2D eigenvalue weighted by atomic mass is 9.92. The molecule has 1 amide bonds. The van der Waals surface area contributed by atoms with Crippen molar-refractivity contribution in [2.75, 3.05) is 0 Å². The van der Waals surface area contributed by atoms with Crippen LogP contribution in [0.4, 0.5) is 0 Å². The normalized spacial score (nSPS) is 13.5. The summed E-state index contributed by atoms with van der Waals surface area (Å²) in [6, 6.07) is 8.06. The number of aromatic nitrogens is 4. The molecule has 2 atom stereocenters. The first kappa shape index (κ1) is 22.5. The van der Waals surface area contributed by atoms with Gasteiger partial charge in [-0.2, -0.15) is 0 Å². The van der Waals surface area contributed by atoms with Gasteiger partial charge in [0.15, 0.2) is 11.2 Å². The molecule has 0 aliphatic rings. The number of fused-ring (bicyclic) bond motifs is 1. The van der Waals surface area contributed by atoms with E-state index in [0.717, 1.165) is 16.6 Å². The van der Waals surface area contributed by atoms with Gasteiger partial charge in [0.25, 0.3) is 5.56 Å². The van der Waals surface area contributed by atoms with E-state index in [4.69, 9.17) is 0 Å². The van der Waals surface area contributed by atoms with E-state index in [-0.39, 0.29) is 29.9 Å². The van der Waals surface area contributed by atoms with Crippen molar-refractivity contribution in [2.24, 2.45) is 20.0 Å². The summed E-state index contributed by atoms with van der Waals surface area (Å²) in [4.78, 5) is 42.5. The summed E-state index contributed by atoms with van der Waals surface area (Å²) >= 11 is 0. The van der Waals surface area contributed by atoms with Gasteiger partial charge in [0.1, 0.15) is 6.54 Å². The van der Waals surface area contributed by atoms with Gasteiger partial charge in [-0.3, -0.25) is 14.2 Å². The van der Waals surface area contributed by atoms with Crippen molar-refractivity contribution in [1.29, 1.82) is 0 Å². The fraction of sp³-hybridized carbons (Fsp3) is 0.478. The number of aryl methyl sites for hydroxylation is 2. The van der Waals surface area contributed by atoms with Gasteiger partial charge in [-0.1, -0.05) is 52.0 Å². The van der Waals surface area contributed by atoms with Gasteiger partial charge in [0, 0.05) is 14.1 Å². The Morgan fingerprint density at radius 2 is 1.68 bits per heavy atom. The Kier molecular flexibility index (Phi) is 6.48. The lowest BCUT2D eigenvalue weighted by molar-refractivity contribution is -0.122. The molecule has 0 spiro atoms. The van der Waals surface area contributed by atoms with Crippen molar-refractivity contribution < 1.29 is 4.79 Å². The number of hydrogen-bond donors (Lipinski definition) is 1. The molecule has 31 heavy (non-hydrogen) atoms.